The standard InChI is InChI=1S/C11H13F3N2O2/c1-18-6-8(15)10(17)16-9-5-3-2-4-7(9)11(12,13)14/h2-5,8H,6,15H2,1H3,(H,16,17). The zero-order chi connectivity index (χ0) is 13.8. The third-order valence-corrected chi connectivity index (χ3v) is 2.17. The van der Waals surface area contributed by atoms with Crippen molar-refractivity contribution in [2.24, 2.45) is 5.73 Å². The molecule has 0 heterocycles. The maximum atomic E-state index is 12.6. The number of nitrogens with two attached hydrogens (primary N) is 1. The molecule has 0 saturated heterocycles. The molecule has 1 aromatic rings. The molecule has 1 amide bonds. The van der Waals surface area contributed by atoms with Gasteiger partial charge in [0.25, 0.3) is 0 Å². The Hall–Kier alpha value is -1.60. The molecule has 0 spiro atoms. The zero-order valence-corrected chi connectivity index (χ0v) is 9.62. The molecule has 0 bridgehead atoms. The molecule has 1 unspecified atom stereocenters. The van der Waals surface area contributed by atoms with Crippen LogP contribution in [0.5, 0.6) is 0 Å². The predicted molar refractivity (Wildman–Crippen MR) is 59.9 cm³/mol. The molecule has 18 heavy (non-hydrogen) atoms. The third-order valence-electron chi connectivity index (χ3n) is 2.17. The molecule has 100 valence electrons. The van der Waals surface area contributed by atoms with Crippen molar-refractivity contribution < 1.29 is 22.7 Å². The molecule has 7 heteroatoms. The van der Waals surface area contributed by atoms with E-state index in [1.165, 1.54) is 25.3 Å². The lowest BCUT2D eigenvalue weighted by Crippen LogP contribution is -2.39. The predicted octanol–water partition coefficient (Wildman–Crippen LogP) is 1.62. The molecule has 1 atom stereocenters. The molecule has 3 N–H and O–H groups in total. The largest absolute Gasteiger partial charge is 0.418 e. The number of ether oxygens (including phenoxy) is 1. The van der Waals surface area contributed by atoms with Crippen LogP contribution < -0.4 is 11.1 Å². The molecule has 0 aliphatic rings. The normalized spacial score (nSPS) is 13.2. The summed E-state index contributed by atoms with van der Waals surface area (Å²) in [5, 5.41) is 2.14. The lowest BCUT2D eigenvalue weighted by molar-refractivity contribution is -0.137. The summed E-state index contributed by atoms with van der Waals surface area (Å²) in [5.41, 5.74) is 4.18. The molecule has 1 aromatic carbocycles. The Morgan fingerprint density at radius 1 is 1.44 bits per heavy atom. The number of carbonyl (C=O) groups excluding carboxylic acids is 1. The first-order valence-electron chi connectivity index (χ1n) is 5.08. The van der Waals surface area contributed by atoms with Crippen molar-refractivity contribution in [3.8, 4) is 0 Å². The van der Waals surface area contributed by atoms with Crippen LogP contribution in [0.25, 0.3) is 0 Å². The van der Waals surface area contributed by atoms with E-state index in [1.54, 1.807) is 0 Å². The van der Waals surface area contributed by atoms with Crippen LogP contribution in [0.1, 0.15) is 5.56 Å². The van der Waals surface area contributed by atoms with Gasteiger partial charge in [-0.3, -0.25) is 4.79 Å². The van der Waals surface area contributed by atoms with Gasteiger partial charge in [0.05, 0.1) is 17.9 Å². The van der Waals surface area contributed by atoms with Crippen molar-refractivity contribution in [3.05, 3.63) is 29.8 Å². The number of nitrogens with one attached hydrogen (secondary N) is 1. The molecule has 0 aliphatic heterocycles. The summed E-state index contributed by atoms with van der Waals surface area (Å²) < 4.78 is 42.6. The van der Waals surface area contributed by atoms with Gasteiger partial charge >= 0.3 is 6.18 Å². The molecule has 0 fully saturated rings. The summed E-state index contributed by atoms with van der Waals surface area (Å²) in [6.45, 7) is -0.0694. The Morgan fingerprint density at radius 2 is 2.06 bits per heavy atom. The SMILES string of the molecule is COCC(N)C(=O)Nc1ccccc1C(F)(F)F. The highest BCUT2D eigenvalue weighted by atomic mass is 19.4. The number of methoxy groups -OCH3 is 1. The number of amides is 1. The number of anilines is 1. The van der Waals surface area contributed by atoms with Gasteiger partial charge in [0.15, 0.2) is 0 Å². The van der Waals surface area contributed by atoms with Crippen molar-refractivity contribution in [2.45, 2.75) is 12.2 Å². The summed E-state index contributed by atoms with van der Waals surface area (Å²) in [6.07, 6.45) is -4.53. The molecule has 0 radical (unpaired) electrons. The average molecular weight is 262 g/mol. The van der Waals surface area contributed by atoms with Crippen LogP contribution in [0.15, 0.2) is 24.3 Å². The monoisotopic (exact) mass is 262 g/mol. The summed E-state index contributed by atoms with van der Waals surface area (Å²) >= 11 is 0. The third kappa shape index (κ3) is 3.71. The van der Waals surface area contributed by atoms with Gasteiger partial charge in [-0.1, -0.05) is 12.1 Å². The van der Waals surface area contributed by atoms with Crippen LogP contribution in [-0.4, -0.2) is 25.7 Å². The van der Waals surface area contributed by atoms with E-state index in [2.05, 4.69) is 10.1 Å². The Bertz CT molecular complexity index is 421. The van der Waals surface area contributed by atoms with Crippen molar-refractivity contribution in [1.82, 2.24) is 0 Å². The highest BCUT2D eigenvalue weighted by molar-refractivity contribution is 5.95. The van der Waals surface area contributed by atoms with E-state index >= 15 is 0 Å². The van der Waals surface area contributed by atoms with E-state index in [0.717, 1.165) is 6.07 Å². The molecule has 0 saturated carbocycles. The Labute approximate surface area is 102 Å². The summed E-state index contributed by atoms with van der Waals surface area (Å²) in [6, 6.07) is 3.68. The van der Waals surface area contributed by atoms with E-state index in [0.29, 0.717) is 0 Å². The Morgan fingerprint density at radius 3 is 2.61 bits per heavy atom. The highest BCUT2D eigenvalue weighted by Gasteiger charge is 2.33. The minimum Gasteiger partial charge on any atom is -0.383 e. The summed E-state index contributed by atoms with van der Waals surface area (Å²) in [4.78, 5) is 11.5. The van der Waals surface area contributed by atoms with Crippen molar-refractivity contribution in [1.29, 1.82) is 0 Å². The van der Waals surface area contributed by atoms with Gasteiger partial charge in [-0.05, 0) is 12.1 Å². The first-order chi connectivity index (χ1) is 8.36. The maximum absolute atomic E-state index is 12.6. The second kappa shape index (κ2) is 5.83. The fourth-order valence-electron chi connectivity index (χ4n) is 1.32. The first kappa shape index (κ1) is 14.5. The molecule has 1 rings (SSSR count). The van der Waals surface area contributed by atoms with Gasteiger partial charge < -0.3 is 15.8 Å². The van der Waals surface area contributed by atoms with Crippen molar-refractivity contribution in [3.63, 3.8) is 0 Å². The van der Waals surface area contributed by atoms with E-state index < -0.39 is 23.7 Å². The molecule has 0 aromatic heterocycles. The maximum Gasteiger partial charge on any atom is 0.418 e. The lowest BCUT2D eigenvalue weighted by atomic mass is 10.1. The van der Waals surface area contributed by atoms with E-state index in [4.69, 9.17) is 5.73 Å². The smallest absolute Gasteiger partial charge is 0.383 e. The first-order valence-corrected chi connectivity index (χ1v) is 5.08. The van der Waals surface area contributed by atoms with Crippen LogP contribution in [0.4, 0.5) is 18.9 Å². The van der Waals surface area contributed by atoms with Gasteiger partial charge in [0.1, 0.15) is 6.04 Å². The van der Waals surface area contributed by atoms with Crippen molar-refractivity contribution >= 4 is 11.6 Å². The van der Waals surface area contributed by atoms with Gasteiger partial charge in [-0.15, -0.1) is 0 Å². The van der Waals surface area contributed by atoms with E-state index in [1.807, 2.05) is 0 Å². The topological polar surface area (TPSA) is 64.3 Å². The quantitative estimate of drug-likeness (QED) is 0.866. The van der Waals surface area contributed by atoms with E-state index in [9.17, 15) is 18.0 Å². The summed E-state index contributed by atoms with van der Waals surface area (Å²) in [5.74, 6) is -0.728. The zero-order valence-electron chi connectivity index (χ0n) is 9.62. The summed E-state index contributed by atoms with van der Waals surface area (Å²) in [7, 11) is 1.34. The van der Waals surface area contributed by atoms with Gasteiger partial charge in [0.2, 0.25) is 5.91 Å². The van der Waals surface area contributed by atoms with E-state index in [-0.39, 0.29) is 12.3 Å². The number of rotatable bonds is 4. The fourth-order valence-corrected chi connectivity index (χ4v) is 1.32. The Balaban J connectivity index is 2.88. The number of hydrogen-bond acceptors (Lipinski definition) is 3. The molecular weight excluding hydrogens is 249 g/mol. The lowest BCUT2D eigenvalue weighted by Gasteiger charge is -2.15. The number of alkyl halides is 3. The second-order valence-electron chi connectivity index (χ2n) is 3.59. The van der Waals surface area contributed by atoms with Crippen LogP contribution in [0.3, 0.4) is 0 Å². The number of hydrogen-bond donors (Lipinski definition) is 2. The van der Waals surface area contributed by atoms with Gasteiger partial charge in [-0.2, -0.15) is 13.2 Å². The number of halogens is 3. The van der Waals surface area contributed by atoms with Crippen LogP contribution >= 0.6 is 0 Å². The second-order valence-corrected chi connectivity index (χ2v) is 3.59. The van der Waals surface area contributed by atoms with Crippen LogP contribution in [0.2, 0.25) is 0 Å². The van der Waals surface area contributed by atoms with Gasteiger partial charge in [-0.25, -0.2) is 0 Å². The minimum atomic E-state index is -4.53. The molecule has 4 nitrogen and oxygen atoms in total. The Kier molecular flexibility index (Phi) is 4.69. The van der Waals surface area contributed by atoms with Gasteiger partial charge in [0, 0.05) is 7.11 Å². The number of para-hydroxylation sites is 1. The van der Waals surface area contributed by atoms with Crippen LogP contribution in [-0.2, 0) is 15.7 Å². The number of carbonyl (C=O) groups is 1. The van der Waals surface area contributed by atoms with Crippen LogP contribution in [0, 0.1) is 0 Å². The molecule has 0 aliphatic carbocycles. The fraction of sp³-hybridized carbons (Fsp3) is 0.364. The number of benzene rings is 1. The average Bonchev–Trinajstić information content (AvgIpc) is 2.28. The minimum absolute atomic E-state index is 0.0694. The highest BCUT2D eigenvalue weighted by Crippen LogP contribution is 2.34. The van der Waals surface area contributed by atoms with Crippen molar-refractivity contribution in [2.75, 3.05) is 19.0 Å². The molecular formula is C11H13F3N2O2.